The van der Waals surface area contributed by atoms with E-state index in [-0.39, 0.29) is 23.4 Å². The Kier molecular flexibility index (Phi) is 5.36. The van der Waals surface area contributed by atoms with Crippen molar-refractivity contribution in [3.8, 4) is 34.0 Å². The van der Waals surface area contributed by atoms with E-state index >= 15 is 0 Å². The number of aliphatic carboxylic acids is 1. The minimum absolute atomic E-state index is 0.0574. The van der Waals surface area contributed by atoms with Gasteiger partial charge in [0.2, 0.25) is 11.5 Å². The van der Waals surface area contributed by atoms with Gasteiger partial charge in [-0.1, -0.05) is 46.7 Å². The van der Waals surface area contributed by atoms with Crippen LogP contribution in [0.4, 0.5) is 18.9 Å². The number of aromatic nitrogens is 2. The molecule has 0 aliphatic heterocycles. The number of hydrogen-bond donors (Lipinski definition) is 1. The Morgan fingerprint density at radius 1 is 1.00 bits per heavy atom. The number of carboxylic acid groups (broad SMARTS) is 1. The van der Waals surface area contributed by atoms with Crippen LogP contribution in [0.1, 0.15) is 29.5 Å². The highest BCUT2D eigenvalue weighted by Crippen LogP contribution is 2.47. The van der Waals surface area contributed by atoms with E-state index in [1.54, 1.807) is 30.3 Å². The number of fused-ring (bicyclic) bond motifs is 3. The monoisotopic (exact) mass is 509 g/mol. The number of halogens is 3. The van der Waals surface area contributed by atoms with E-state index in [4.69, 9.17) is 14.2 Å². The zero-order valence-electron chi connectivity index (χ0n) is 19.7. The van der Waals surface area contributed by atoms with Gasteiger partial charge < -0.3 is 19.1 Å². The van der Waals surface area contributed by atoms with Crippen LogP contribution in [0.15, 0.2) is 57.6 Å². The standard InChI is InChI=1S/C27H22F3N3O4/c1-33(18-12-16(13-18)26(34)35)17-8-10-19-15(11-17)7-9-20-23(19)32-36-24(20)25-21(27(28,29)30)22(31-37-25)14-5-3-2-4-6-14/h2-6,8,10-11,16,18H,7,9,12-13H2,1H3,(H,34,35)/t16-,18-. The number of hydrogen-bond acceptors (Lipinski definition) is 6. The summed E-state index contributed by atoms with van der Waals surface area (Å²) >= 11 is 0. The molecule has 1 fully saturated rings. The third kappa shape index (κ3) is 3.87. The fourth-order valence-electron chi connectivity index (χ4n) is 5.25. The fraction of sp³-hybridized carbons (Fsp3) is 0.296. The first kappa shape index (κ1) is 23.3. The van der Waals surface area contributed by atoms with Gasteiger partial charge in [-0.2, -0.15) is 13.2 Å². The average Bonchev–Trinajstić information content (AvgIpc) is 3.47. The summed E-state index contributed by atoms with van der Waals surface area (Å²) in [6.45, 7) is 0. The highest BCUT2D eigenvalue weighted by Gasteiger charge is 2.43. The molecule has 0 bridgehead atoms. The van der Waals surface area contributed by atoms with E-state index in [1.165, 1.54) is 0 Å². The molecule has 2 aromatic carbocycles. The summed E-state index contributed by atoms with van der Waals surface area (Å²) in [4.78, 5) is 13.2. The largest absolute Gasteiger partial charge is 0.481 e. The molecule has 0 unspecified atom stereocenters. The zero-order valence-corrected chi connectivity index (χ0v) is 19.7. The molecule has 7 nitrogen and oxygen atoms in total. The molecule has 0 atom stereocenters. The molecule has 10 heteroatoms. The molecule has 0 radical (unpaired) electrons. The molecule has 4 aromatic rings. The normalized spacial score (nSPS) is 18.6. The molecule has 2 heterocycles. The number of nitrogens with zero attached hydrogens (tertiary/aromatic N) is 3. The van der Waals surface area contributed by atoms with E-state index in [2.05, 4.69) is 15.2 Å². The van der Waals surface area contributed by atoms with Gasteiger partial charge in [-0.15, -0.1) is 0 Å². The Labute approximate surface area is 209 Å². The minimum Gasteiger partial charge on any atom is -0.481 e. The predicted octanol–water partition coefficient (Wildman–Crippen LogP) is 6.08. The van der Waals surface area contributed by atoms with Gasteiger partial charge in [0.05, 0.1) is 5.92 Å². The molecule has 0 amide bonds. The van der Waals surface area contributed by atoms with Crippen molar-refractivity contribution in [2.45, 2.75) is 37.9 Å². The van der Waals surface area contributed by atoms with Crippen molar-refractivity contribution in [2.75, 3.05) is 11.9 Å². The van der Waals surface area contributed by atoms with Crippen molar-refractivity contribution >= 4 is 11.7 Å². The minimum atomic E-state index is -4.71. The summed E-state index contributed by atoms with van der Waals surface area (Å²) in [6, 6.07) is 14.1. The second kappa shape index (κ2) is 8.50. The number of carboxylic acids is 1. The topological polar surface area (TPSA) is 92.6 Å². The van der Waals surface area contributed by atoms with Gasteiger partial charge in [0.1, 0.15) is 17.0 Å². The molecule has 1 saturated carbocycles. The molecule has 190 valence electrons. The van der Waals surface area contributed by atoms with Crippen molar-refractivity contribution in [1.29, 1.82) is 0 Å². The van der Waals surface area contributed by atoms with Gasteiger partial charge >= 0.3 is 12.1 Å². The average molecular weight is 509 g/mol. The van der Waals surface area contributed by atoms with Crippen LogP contribution in [0.25, 0.3) is 34.0 Å². The van der Waals surface area contributed by atoms with Crippen LogP contribution in [0.5, 0.6) is 0 Å². The Morgan fingerprint density at radius 2 is 1.70 bits per heavy atom. The molecule has 37 heavy (non-hydrogen) atoms. The lowest BCUT2D eigenvalue weighted by atomic mass is 9.79. The Hall–Kier alpha value is -4.08. The molecule has 6 rings (SSSR count). The lowest BCUT2D eigenvalue weighted by molar-refractivity contribution is -0.145. The van der Waals surface area contributed by atoms with Gasteiger partial charge in [0.25, 0.3) is 0 Å². The van der Waals surface area contributed by atoms with Crippen molar-refractivity contribution in [3.05, 3.63) is 65.2 Å². The van der Waals surface area contributed by atoms with Gasteiger partial charge in [0.15, 0.2) is 0 Å². The number of aryl methyl sites for hydroxylation is 1. The Morgan fingerprint density at radius 3 is 2.41 bits per heavy atom. The lowest BCUT2D eigenvalue weighted by Gasteiger charge is -2.40. The lowest BCUT2D eigenvalue weighted by Crippen LogP contribution is -2.45. The summed E-state index contributed by atoms with van der Waals surface area (Å²) < 4.78 is 53.3. The molecule has 2 aromatic heterocycles. The van der Waals surface area contributed by atoms with Crippen LogP contribution in [-0.4, -0.2) is 34.5 Å². The molecule has 1 N–H and O–H groups in total. The van der Waals surface area contributed by atoms with Crippen molar-refractivity contribution in [2.24, 2.45) is 5.92 Å². The molecule has 0 saturated heterocycles. The molecular formula is C27H22F3N3O4. The highest BCUT2D eigenvalue weighted by molar-refractivity contribution is 5.80. The molecular weight excluding hydrogens is 487 g/mol. The number of rotatable bonds is 5. The van der Waals surface area contributed by atoms with Gasteiger partial charge in [-0.25, -0.2) is 0 Å². The number of alkyl halides is 3. The molecule has 0 spiro atoms. The van der Waals surface area contributed by atoms with Gasteiger partial charge in [0, 0.05) is 35.5 Å². The van der Waals surface area contributed by atoms with E-state index in [0.29, 0.717) is 42.5 Å². The van der Waals surface area contributed by atoms with Crippen LogP contribution in [0.3, 0.4) is 0 Å². The summed E-state index contributed by atoms with van der Waals surface area (Å²) in [5, 5.41) is 17.0. The van der Waals surface area contributed by atoms with Crippen LogP contribution in [0, 0.1) is 5.92 Å². The molecule has 2 aliphatic rings. The second-order valence-electron chi connectivity index (χ2n) is 9.55. The first-order valence-corrected chi connectivity index (χ1v) is 11.9. The van der Waals surface area contributed by atoms with Gasteiger partial charge in [-0.3, -0.25) is 4.79 Å². The van der Waals surface area contributed by atoms with E-state index in [9.17, 15) is 18.0 Å². The van der Waals surface area contributed by atoms with Crippen LogP contribution in [0.2, 0.25) is 0 Å². The SMILES string of the molecule is CN(c1ccc2c(c1)CCc1c-2noc1-c1onc(-c2ccccc2)c1C(F)(F)F)[C@H]1C[C@H](C(=O)O)C1. The van der Waals surface area contributed by atoms with E-state index in [1.807, 2.05) is 25.2 Å². The first-order chi connectivity index (χ1) is 17.7. The Balaban J connectivity index is 1.34. The maximum Gasteiger partial charge on any atom is 0.422 e. The predicted molar refractivity (Wildman–Crippen MR) is 128 cm³/mol. The van der Waals surface area contributed by atoms with Gasteiger partial charge in [-0.05, 0) is 43.4 Å². The Bertz CT molecular complexity index is 1490. The zero-order chi connectivity index (χ0) is 25.9. The van der Waals surface area contributed by atoms with Crippen LogP contribution < -0.4 is 4.90 Å². The molecule has 2 aliphatic carbocycles. The highest BCUT2D eigenvalue weighted by atomic mass is 19.4. The number of anilines is 1. The van der Waals surface area contributed by atoms with Crippen molar-refractivity contribution in [1.82, 2.24) is 10.3 Å². The van der Waals surface area contributed by atoms with Crippen molar-refractivity contribution in [3.63, 3.8) is 0 Å². The quantitative estimate of drug-likeness (QED) is 0.349. The maximum absolute atomic E-state index is 14.2. The smallest absolute Gasteiger partial charge is 0.422 e. The summed E-state index contributed by atoms with van der Waals surface area (Å²) in [7, 11) is 1.94. The number of benzene rings is 2. The maximum atomic E-state index is 14.2. The van der Waals surface area contributed by atoms with Crippen LogP contribution in [-0.2, 0) is 23.8 Å². The third-order valence-corrected chi connectivity index (χ3v) is 7.42. The van der Waals surface area contributed by atoms with Crippen molar-refractivity contribution < 1.29 is 32.1 Å². The van der Waals surface area contributed by atoms with E-state index < -0.39 is 23.5 Å². The first-order valence-electron chi connectivity index (χ1n) is 11.9. The van der Waals surface area contributed by atoms with Crippen LogP contribution >= 0.6 is 0 Å². The third-order valence-electron chi connectivity index (χ3n) is 7.42. The van der Waals surface area contributed by atoms with E-state index in [0.717, 1.165) is 16.8 Å². The second-order valence-corrected chi connectivity index (χ2v) is 9.55. The fourth-order valence-corrected chi connectivity index (χ4v) is 5.25. The number of carbonyl (C=O) groups is 1. The summed E-state index contributed by atoms with van der Waals surface area (Å²) in [5.74, 6) is -1.60. The summed E-state index contributed by atoms with van der Waals surface area (Å²) in [6.07, 6.45) is -2.50. The summed E-state index contributed by atoms with van der Waals surface area (Å²) in [5.41, 5.74) is 2.82.